The van der Waals surface area contributed by atoms with Crippen molar-refractivity contribution in [3.8, 4) is 0 Å². The largest absolute Gasteiger partial charge is 0.382 e. The summed E-state index contributed by atoms with van der Waals surface area (Å²) in [6.07, 6.45) is 0. The Kier molecular flexibility index (Phi) is 6.11. The molecule has 0 aliphatic heterocycles. The Hall–Kier alpha value is -0.970. The molecule has 0 saturated carbocycles. The molecular weight excluding hydrogens is 221 g/mol. The fraction of sp³-hybridized carbons (Fsp3) is 0.538. The topological polar surface area (TPSA) is 30.5 Å². The number of aryl methyl sites for hydroxylation is 1. The quantitative estimate of drug-likeness (QED) is 0.741. The number of likely N-dealkylation sites (N-methyl/N-ethyl adjacent to an activating group) is 1. The highest BCUT2D eigenvalue weighted by atomic mass is 19.1. The van der Waals surface area contributed by atoms with Crippen molar-refractivity contribution in [2.45, 2.75) is 13.0 Å². The van der Waals surface area contributed by atoms with Gasteiger partial charge in [0.1, 0.15) is 5.82 Å². The first-order chi connectivity index (χ1) is 8.19. The van der Waals surface area contributed by atoms with Gasteiger partial charge in [0.25, 0.3) is 0 Å². The van der Waals surface area contributed by atoms with E-state index in [9.17, 15) is 4.39 Å². The van der Waals surface area contributed by atoms with Gasteiger partial charge in [0.2, 0.25) is 0 Å². The summed E-state index contributed by atoms with van der Waals surface area (Å²) < 4.78 is 24.0. The van der Waals surface area contributed by atoms with Crippen LogP contribution in [-0.2, 0) is 9.47 Å². The Balaban J connectivity index is 2.62. The lowest BCUT2D eigenvalue weighted by Gasteiger charge is -2.18. The van der Waals surface area contributed by atoms with Crippen LogP contribution in [0.15, 0.2) is 18.2 Å². The Morgan fingerprint density at radius 1 is 1.35 bits per heavy atom. The molecule has 0 heterocycles. The molecule has 0 fully saturated rings. The Bertz CT molecular complexity index is 344. The van der Waals surface area contributed by atoms with Gasteiger partial charge in [-0.15, -0.1) is 0 Å². The van der Waals surface area contributed by atoms with E-state index in [0.29, 0.717) is 25.4 Å². The molecule has 0 aliphatic rings. The lowest BCUT2D eigenvalue weighted by atomic mass is 10.0. The van der Waals surface area contributed by atoms with E-state index in [2.05, 4.69) is 5.32 Å². The fourth-order valence-corrected chi connectivity index (χ4v) is 1.60. The van der Waals surface area contributed by atoms with Gasteiger partial charge in [-0.25, -0.2) is 4.39 Å². The zero-order valence-corrected chi connectivity index (χ0v) is 10.6. The minimum absolute atomic E-state index is 0.133. The SMILES string of the molecule is CNC(COCCOC)c1cc(C)ccc1F. The molecule has 0 amide bonds. The third-order valence-corrected chi connectivity index (χ3v) is 2.59. The summed E-state index contributed by atoms with van der Waals surface area (Å²) in [5.74, 6) is -0.203. The molecule has 0 bridgehead atoms. The van der Waals surface area contributed by atoms with Crippen LogP contribution >= 0.6 is 0 Å². The van der Waals surface area contributed by atoms with Crippen LogP contribution in [0, 0.1) is 12.7 Å². The van der Waals surface area contributed by atoms with Crippen molar-refractivity contribution in [2.24, 2.45) is 0 Å². The van der Waals surface area contributed by atoms with Crippen LogP contribution < -0.4 is 5.32 Å². The third-order valence-electron chi connectivity index (χ3n) is 2.59. The fourth-order valence-electron chi connectivity index (χ4n) is 1.60. The second-order valence-corrected chi connectivity index (χ2v) is 3.93. The van der Waals surface area contributed by atoms with Crippen LogP contribution in [0.25, 0.3) is 0 Å². The zero-order chi connectivity index (χ0) is 12.7. The van der Waals surface area contributed by atoms with Gasteiger partial charge in [0.15, 0.2) is 0 Å². The van der Waals surface area contributed by atoms with E-state index in [4.69, 9.17) is 9.47 Å². The summed E-state index contributed by atoms with van der Waals surface area (Å²) in [5.41, 5.74) is 1.68. The maximum Gasteiger partial charge on any atom is 0.128 e. The first-order valence-corrected chi connectivity index (χ1v) is 5.69. The summed E-state index contributed by atoms with van der Waals surface area (Å²) in [6.45, 7) is 3.44. The summed E-state index contributed by atoms with van der Waals surface area (Å²) in [7, 11) is 3.42. The van der Waals surface area contributed by atoms with Gasteiger partial charge >= 0.3 is 0 Å². The van der Waals surface area contributed by atoms with Gasteiger partial charge in [-0.1, -0.05) is 17.7 Å². The minimum Gasteiger partial charge on any atom is -0.382 e. The molecule has 17 heavy (non-hydrogen) atoms. The van der Waals surface area contributed by atoms with Crippen LogP contribution in [0.5, 0.6) is 0 Å². The standard InChI is InChI=1S/C13H20FNO2/c1-10-4-5-12(14)11(8-10)13(15-2)9-17-7-6-16-3/h4-5,8,13,15H,6-7,9H2,1-3H3. The van der Waals surface area contributed by atoms with Crippen molar-refractivity contribution >= 4 is 0 Å². The number of nitrogens with one attached hydrogen (secondary N) is 1. The van der Waals surface area contributed by atoms with E-state index >= 15 is 0 Å². The van der Waals surface area contributed by atoms with Gasteiger partial charge in [0, 0.05) is 12.7 Å². The molecule has 1 N–H and O–H groups in total. The van der Waals surface area contributed by atoms with E-state index < -0.39 is 0 Å². The number of hydrogen-bond donors (Lipinski definition) is 1. The molecule has 1 aromatic carbocycles. The zero-order valence-electron chi connectivity index (χ0n) is 10.6. The van der Waals surface area contributed by atoms with Gasteiger partial charge < -0.3 is 14.8 Å². The summed E-state index contributed by atoms with van der Waals surface area (Å²) in [5, 5.41) is 3.06. The summed E-state index contributed by atoms with van der Waals surface area (Å²) in [6, 6.07) is 4.96. The molecule has 1 rings (SSSR count). The van der Waals surface area contributed by atoms with E-state index in [1.54, 1.807) is 20.2 Å². The molecule has 0 aliphatic carbocycles. The van der Waals surface area contributed by atoms with Crippen LogP contribution in [0.4, 0.5) is 4.39 Å². The Morgan fingerprint density at radius 3 is 2.76 bits per heavy atom. The van der Waals surface area contributed by atoms with E-state index in [-0.39, 0.29) is 11.9 Å². The molecule has 0 spiro atoms. The molecule has 0 radical (unpaired) electrons. The summed E-state index contributed by atoms with van der Waals surface area (Å²) >= 11 is 0. The maximum absolute atomic E-state index is 13.7. The van der Waals surface area contributed by atoms with Crippen LogP contribution in [0.3, 0.4) is 0 Å². The van der Waals surface area contributed by atoms with Crippen molar-refractivity contribution in [3.05, 3.63) is 35.1 Å². The third kappa shape index (κ3) is 4.42. The van der Waals surface area contributed by atoms with Gasteiger partial charge in [-0.05, 0) is 20.0 Å². The molecule has 1 atom stereocenters. The van der Waals surface area contributed by atoms with Crippen molar-refractivity contribution in [1.29, 1.82) is 0 Å². The Labute approximate surface area is 102 Å². The lowest BCUT2D eigenvalue weighted by molar-refractivity contribution is 0.0591. The first-order valence-electron chi connectivity index (χ1n) is 5.69. The molecule has 0 aromatic heterocycles. The minimum atomic E-state index is -0.203. The predicted molar refractivity (Wildman–Crippen MR) is 65.6 cm³/mol. The van der Waals surface area contributed by atoms with Gasteiger partial charge in [-0.3, -0.25) is 0 Å². The number of hydrogen-bond acceptors (Lipinski definition) is 3. The van der Waals surface area contributed by atoms with Crippen LogP contribution in [0.1, 0.15) is 17.2 Å². The van der Waals surface area contributed by atoms with Crippen molar-refractivity contribution in [3.63, 3.8) is 0 Å². The number of benzene rings is 1. The molecule has 0 saturated heterocycles. The van der Waals surface area contributed by atoms with E-state index in [1.807, 2.05) is 13.0 Å². The molecule has 96 valence electrons. The number of halogens is 1. The highest BCUT2D eigenvalue weighted by Crippen LogP contribution is 2.18. The monoisotopic (exact) mass is 241 g/mol. The number of methoxy groups -OCH3 is 1. The first kappa shape index (κ1) is 14.1. The Morgan fingerprint density at radius 2 is 2.12 bits per heavy atom. The molecule has 1 aromatic rings. The van der Waals surface area contributed by atoms with Crippen LogP contribution in [-0.4, -0.2) is 34.0 Å². The van der Waals surface area contributed by atoms with Crippen molar-refractivity contribution < 1.29 is 13.9 Å². The van der Waals surface area contributed by atoms with Crippen molar-refractivity contribution in [1.82, 2.24) is 5.32 Å². The molecule has 4 heteroatoms. The average Bonchev–Trinajstić information content (AvgIpc) is 2.33. The van der Waals surface area contributed by atoms with Gasteiger partial charge in [0.05, 0.1) is 25.9 Å². The van der Waals surface area contributed by atoms with E-state index in [1.165, 1.54) is 6.07 Å². The van der Waals surface area contributed by atoms with E-state index in [0.717, 1.165) is 5.56 Å². The molecular formula is C13H20FNO2. The maximum atomic E-state index is 13.7. The smallest absolute Gasteiger partial charge is 0.128 e. The second-order valence-electron chi connectivity index (χ2n) is 3.93. The second kappa shape index (κ2) is 7.37. The molecule has 3 nitrogen and oxygen atoms in total. The predicted octanol–water partition coefficient (Wildman–Crippen LogP) is 2.06. The lowest BCUT2D eigenvalue weighted by Crippen LogP contribution is -2.23. The van der Waals surface area contributed by atoms with Gasteiger partial charge in [-0.2, -0.15) is 0 Å². The normalized spacial score (nSPS) is 12.7. The molecule has 1 unspecified atom stereocenters. The number of rotatable bonds is 7. The number of ether oxygens (including phenoxy) is 2. The van der Waals surface area contributed by atoms with Crippen LogP contribution in [0.2, 0.25) is 0 Å². The highest BCUT2D eigenvalue weighted by molar-refractivity contribution is 5.26. The van der Waals surface area contributed by atoms with Crippen molar-refractivity contribution in [2.75, 3.05) is 34.0 Å². The summed E-state index contributed by atoms with van der Waals surface area (Å²) in [4.78, 5) is 0. The average molecular weight is 241 g/mol. The highest BCUT2D eigenvalue weighted by Gasteiger charge is 2.14.